The molecule has 0 radical (unpaired) electrons. The third-order valence-electron chi connectivity index (χ3n) is 5.75. The summed E-state index contributed by atoms with van der Waals surface area (Å²) in [6, 6.07) is 0. The molecular formula is C19H32O7. The zero-order valence-corrected chi connectivity index (χ0v) is 15.9. The molecule has 1 heterocycles. The Morgan fingerprint density at radius 3 is 2.54 bits per heavy atom. The van der Waals surface area contributed by atoms with Gasteiger partial charge in [0.1, 0.15) is 30.2 Å². The smallest absolute Gasteiger partial charge is 0.187 e. The maximum Gasteiger partial charge on any atom is 0.187 e. The topological polar surface area (TPSA) is 116 Å². The van der Waals surface area contributed by atoms with Gasteiger partial charge in [-0.25, -0.2) is 0 Å². The maximum atomic E-state index is 12.0. The normalized spacial score (nSPS) is 42.2. The molecule has 0 aromatic rings. The molecule has 2 rings (SSSR count). The van der Waals surface area contributed by atoms with E-state index in [1.54, 1.807) is 6.92 Å². The van der Waals surface area contributed by atoms with Crippen molar-refractivity contribution in [2.75, 3.05) is 6.61 Å². The van der Waals surface area contributed by atoms with Crippen molar-refractivity contribution in [1.82, 2.24) is 0 Å². The molecule has 1 saturated heterocycles. The Hall–Kier alpha value is -0.830. The molecule has 4 N–H and O–H groups in total. The van der Waals surface area contributed by atoms with Crippen molar-refractivity contribution in [1.29, 1.82) is 0 Å². The van der Waals surface area contributed by atoms with E-state index in [4.69, 9.17) is 9.47 Å². The molecule has 0 aromatic heterocycles. The van der Waals surface area contributed by atoms with Crippen molar-refractivity contribution in [3.05, 3.63) is 12.2 Å². The minimum Gasteiger partial charge on any atom is -0.394 e. The number of carbonyl (C=O) groups excluding carboxylic acids is 1. The highest BCUT2D eigenvalue weighted by atomic mass is 16.7. The number of rotatable bonds is 5. The number of ketones is 1. The standard InChI is InChI=1S/C19H32O7/c1-10(5-6-12-11(2)13(21)7-8-19(12,3)4)25-18-17(24)16(23)15(22)14(9-20)26-18/h5-6,10-12,14-18,20,22-24H,7-9H2,1-4H3/t10-,11+,12+,14-,15-,16+,17-,18-/m1/s1. The molecule has 7 heteroatoms. The van der Waals surface area contributed by atoms with Crippen molar-refractivity contribution in [3.8, 4) is 0 Å². The lowest BCUT2D eigenvalue weighted by molar-refractivity contribution is -0.306. The Balaban J connectivity index is 2.01. The van der Waals surface area contributed by atoms with Crippen LogP contribution in [0.1, 0.15) is 40.5 Å². The van der Waals surface area contributed by atoms with Gasteiger partial charge in [-0.2, -0.15) is 0 Å². The third kappa shape index (κ3) is 4.52. The highest BCUT2D eigenvalue weighted by Crippen LogP contribution is 2.43. The molecular weight excluding hydrogens is 340 g/mol. The van der Waals surface area contributed by atoms with E-state index in [0.29, 0.717) is 6.42 Å². The minimum atomic E-state index is -1.46. The number of aliphatic hydroxyl groups excluding tert-OH is 4. The summed E-state index contributed by atoms with van der Waals surface area (Å²) in [5.41, 5.74) is 0.00663. The molecule has 2 fully saturated rings. The largest absolute Gasteiger partial charge is 0.394 e. The van der Waals surface area contributed by atoms with Crippen molar-refractivity contribution in [3.63, 3.8) is 0 Å². The molecule has 7 nitrogen and oxygen atoms in total. The van der Waals surface area contributed by atoms with E-state index < -0.39 is 43.4 Å². The summed E-state index contributed by atoms with van der Waals surface area (Å²) in [4.78, 5) is 12.0. The van der Waals surface area contributed by atoms with E-state index in [1.165, 1.54) is 0 Å². The molecule has 1 aliphatic carbocycles. The fraction of sp³-hybridized carbons (Fsp3) is 0.842. The Morgan fingerprint density at radius 2 is 1.92 bits per heavy atom. The lowest BCUT2D eigenvalue weighted by atomic mass is 9.63. The summed E-state index contributed by atoms with van der Waals surface area (Å²) in [6.07, 6.45) is -1.64. The van der Waals surface area contributed by atoms with Crippen molar-refractivity contribution < 1.29 is 34.7 Å². The summed E-state index contributed by atoms with van der Waals surface area (Å²) in [5.74, 6) is 0.292. The predicted octanol–water partition coefficient (Wildman–Crippen LogP) is 0.389. The first-order chi connectivity index (χ1) is 12.1. The summed E-state index contributed by atoms with van der Waals surface area (Å²) in [6.45, 7) is 7.51. The molecule has 1 saturated carbocycles. The van der Waals surface area contributed by atoms with Gasteiger partial charge in [-0.05, 0) is 24.7 Å². The van der Waals surface area contributed by atoms with Crippen LogP contribution in [0.25, 0.3) is 0 Å². The van der Waals surface area contributed by atoms with Crippen molar-refractivity contribution >= 4 is 5.78 Å². The van der Waals surface area contributed by atoms with Crippen LogP contribution in [-0.2, 0) is 14.3 Å². The van der Waals surface area contributed by atoms with Gasteiger partial charge in [0, 0.05) is 12.3 Å². The lowest BCUT2D eigenvalue weighted by Crippen LogP contribution is -2.59. The maximum absolute atomic E-state index is 12.0. The highest BCUT2D eigenvalue weighted by molar-refractivity contribution is 5.82. The minimum absolute atomic E-state index is 0.00663. The molecule has 0 bridgehead atoms. The molecule has 0 amide bonds. The Labute approximate surface area is 154 Å². The van der Waals surface area contributed by atoms with Gasteiger partial charge in [0.25, 0.3) is 0 Å². The van der Waals surface area contributed by atoms with Crippen molar-refractivity contribution in [2.24, 2.45) is 17.3 Å². The first kappa shape index (κ1) is 21.5. The van der Waals surface area contributed by atoms with Crippen molar-refractivity contribution in [2.45, 2.75) is 77.3 Å². The second-order valence-electron chi connectivity index (χ2n) is 8.19. The zero-order valence-electron chi connectivity index (χ0n) is 15.9. The molecule has 0 aromatic carbocycles. The summed E-state index contributed by atoms with van der Waals surface area (Å²) < 4.78 is 11.0. The molecule has 26 heavy (non-hydrogen) atoms. The molecule has 0 unspecified atom stereocenters. The van der Waals surface area contributed by atoms with E-state index in [1.807, 2.05) is 19.1 Å². The first-order valence-corrected chi connectivity index (χ1v) is 9.25. The highest BCUT2D eigenvalue weighted by Gasteiger charge is 2.44. The van der Waals surface area contributed by atoms with Gasteiger partial charge in [0.15, 0.2) is 6.29 Å². The number of carbonyl (C=O) groups is 1. The average molecular weight is 372 g/mol. The van der Waals surface area contributed by atoms with Gasteiger partial charge in [-0.15, -0.1) is 0 Å². The SMILES string of the molecule is C[C@H](C=C[C@H]1[C@H](C)C(=O)CCC1(C)C)O[C@@H]1O[C@H](CO)[C@@H](O)[C@H](O)[C@H]1O. The van der Waals surface area contributed by atoms with Gasteiger partial charge >= 0.3 is 0 Å². The quantitative estimate of drug-likeness (QED) is 0.516. The average Bonchev–Trinajstić information content (AvgIpc) is 2.58. The number of Topliss-reactive ketones (excluding diaryl/α,β-unsaturated/α-hetero) is 1. The number of allylic oxidation sites excluding steroid dienone is 1. The fourth-order valence-corrected chi connectivity index (χ4v) is 3.86. The lowest BCUT2D eigenvalue weighted by Gasteiger charge is -2.41. The van der Waals surface area contributed by atoms with Crippen LogP contribution in [0.3, 0.4) is 0 Å². The zero-order chi connectivity index (χ0) is 19.6. The molecule has 2 aliphatic rings. The Morgan fingerprint density at radius 1 is 1.27 bits per heavy atom. The second-order valence-corrected chi connectivity index (χ2v) is 8.19. The molecule has 0 spiro atoms. The van der Waals surface area contributed by atoms with Gasteiger partial charge < -0.3 is 29.9 Å². The molecule has 1 aliphatic heterocycles. The van der Waals surface area contributed by atoms with Gasteiger partial charge in [-0.1, -0.05) is 32.9 Å². The number of hydrogen-bond donors (Lipinski definition) is 4. The van der Waals surface area contributed by atoms with Gasteiger partial charge in [0.05, 0.1) is 12.7 Å². The van der Waals surface area contributed by atoms with Gasteiger partial charge in [-0.3, -0.25) is 4.79 Å². The van der Waals surface area contributed by atoms with Crippen LogP contribution >= 0.6 is 0 Å². The first-order valence-electron chi connectivity index (χ1n) is 9.25. The predicted molar refractivity (Wildman–Crippen MR) is 94.1 cm³/mol. The molecule has 150 valence electrons. The number of hydrogen-bond acceptors (Lipinski definition) is 7. The summed E-state index contributed by atoms with van der Waals surface area (Å²) >= 11 is 0. The third-order valence-corrected chi connectivity index (χ3v) is 5.75. The fourth-order valence-electron chi connectivity index (χ4n) is 3.86. The Bertz CT molecular complexity index is 516. The van der Waals surface area contributed by atoms with E-state index in [2.05, 4.69) is 13.8 Å². The van der Waals surface area contributed by atoms with Crippen LogP contribution in [0.4, 0.5) is 0 Å². The van der Waals surface area contributed by atoms with Crippen LogP contribution in [0.5, 0.6) is 0 Å². The van der Waals surface area contributed by atoms with E-state index >= 15 is 0 Å². The van der Waals surface area contributed by atoms with Crippen LogP contribution in [0.2, 0.25) is 0 Å². The van der Waals surface area contributed by atoms with Gasteiger partial charge in [0.2, 0.25) is 0 Å². The summed E-state index contributed by atoms with van der Waals surface area (Å²) in [7, 11) is 0. The van der Waals surface area contributed by atoms with Crippen LogP contribution in [0, 0.1) is 17.3 Å². The van der Waals surface area contributed by atoms with E-state index in [9.17, 15) is 25.2 Å². The molecule has 8 atom stereocenters. The Kier molecular flexibility index (Phi) is 6.98. The number of aliphatic hydroxyl groups is 4. The van der Waals surface area contributed by atoms with Crippen LogP contribution in [0.15, 0.2) is 12.2 Å². The second kappa shape index (κ2) is 8.46. The number of ether oxygens (including phenoxy) is 2. The van der Waals surface area contributed by atoms with E-state index in [-0.39, 0.29) is 23.0 Å². The van der Waals surface area contributed by atoms with Crippen LogP contribution in [-0.4, -0.2) is 69.6 Å². The van der Waals surface area contributed by atoms with Crippen LogP contribution < -0.4 is 0 Å². The summed E-state index contributed by atoms with van der Waals surface area (Å²) in [5, 5.41) is 38.9. The monoisotopic (exact) mass is 372 g/mol. The van der Waals surface area contributed by atoms with E-state index in [0.717, 1.165) is 6.42 Å².